The second-order valence-electron chi connectivity index (χ2n) is 4.03. The number of carbonyl (C=O) groups excluding carboxylic acids is 1. The monoisotopic (exact) mass is 184 g/mol. The molecule has 2 fully saturated rings. The summed E-state index contributed by atoms with van der Waals surface area (Å²) in [5, 5.41) is 3.02. The summed E-state index contributed by atoms with van der Waals surface area (Å²) in [6.45, 7) is 1.85. The van der Waals surface area contributed by atoms with Crippen LogP contribution in [0.2, 0.25) is 0 Å². The van der Waals surface area contributed by atoms with Crippen molar-refractivity contribution in [1.29, 1.82) is 0 Å². The number of ether oxygens (including phenoxy) is 1. The third kappa shape index (κ3) is 1.84. The van der Waals surface area contributed by atoms with E-state index in [2.05, 4.69) is 5.32 Å². The number of rotatable bonds is 3. The Labute approximate surface area is 77.8 Å². The zero-order valence-electron chi connectivity index (χ0n) is 7.71. The second-order valence-corrected chi connectivity index (χ2v) is 4.03. The van der Waals surface area contributed by atoms with Crippen molar-refractivity contribution in [2.75, 3.05) is 19.8 Å². The van der Waals surface area contributed by atoms with Crippen LogP contribution in [0.1, 0.15) is 19.3 Å². The number of nitrogens with one attached hydrogen (secondary N) is 1. The van der Waals surface area contributed by atoms with Gasteiger partial charge in [-0.05, 0) is 19.3 Å². The Bertz CT molecular complexity index is 208. The van der Waals surface area contributed by atoms with E-state index in [1.807, 2.05) is 0 Å². The Morgan fingerprint density at radius 3 is 2.85 bits per heavy atom. The molecule has 0 bridgehead atoms. The van der Waals surface area contributed by atoms with Crippen molar-refractivity contribution in [3.63, 3.8) is 0 Å². The maximum atomic E-state index is 11.6. The van der Waals surface area contributed by atoms with E-state index in [4.69, 9.17) is 10.5 Å². The van der Waals surface area contributed by atoms with Crippen LogP contribution in [0, 0.1) is 5.92 Å². The normalized spacial score (nSPS) is 30.1. The predicted octanol–water partition coefficient (Wildman–Crippen LogP) is -0.370. The Kier molecular flexibility index (Phi) is 2.26. The lowest BCUT2D eigenvalue weighted by Crippen LogP contribution is -2.45. The Morgan fingerprint density at radius 1 is 1.62 bits per heavy atom. The molecule has 4 heteroatoms. The summed E-state index contributed by atoms with van der Waals surface area (Å²) < 4.78 is 5.15. The van der Waals surface area contributed by atoms with Gasteiger partial charge in [-0.15, -0.1) is 0 Å². The van der Waals surface area contributed by atoms with Crippen LogP contribution in [0.3, 0.4) is 0 Å². The highest BCUT2D eigenvalue weighted by molar-refractivity contribution is 5.80. The molecule has 0 aromatic heterocycles. The molecule has 74 valence electrons. The zero-order chi connectivity index (χ0) is 9.31. The van der Waals surface area contributed by atoms with Gasteiger partial charge >= 0.3 is 0 Å². The topological polar surface area (TPSA) is 64.3 Å². The van der Waals surface area contributed by atoms with Crippen molar-refractivity contribution in [2.24, 2.45) is 11.7 Å². The van der Waals surface area contributed by atoms with Crippen LogP contribution in [-0.2, 0) is 9.53 Å². The standard InChI is InChI=1S/C9H16N2O2/c10-6-9(2-3-9)11-8(12)7-1-4-13-5-7/h7H,1-6,10H2,(H,11,12). The molecule has 1 heterocycles. The van der Waals surface area contributed by atoms with Crippen LogP contribution in [0.4, 0.5) is 0 Å². The molecule has 1 saturated carbocycles. The third-order valence-corrected chi connectivity index (χ3v) is 2.93. The number of nitrogens with two attached hydrogens (primary N) is 1. The summed E-state index contributed by atoms with van der Waals surface area (Å²) in [4.78, 5) is 11.6. The lowest BCUT2D eigenvalue weighted by molar-refractivity contribution is -0.125. The minimum atomic E-state index is -0.0559. The molecule has 0 radical (unpaired) electrons. The summed E-state index contributed by atoms with van der Waals surface area (Å²) in [6.07, 6.45) is 2.91. The first-order valence-electron chi connectivity index (χ1n) is 4.86. The molecule has 0 aromatic carbocycles. The molecule has 1 saturated heterocycles. The van der Waals surface area contributed by atoms with E-state index in [0.717, 1.165) is 19.3 Å². The lowest BCUT2D eigenvalue weighted by atomic mass is 10.1. The van der Waals surface area contributed by atoms with E-state index >= 15 is 0 Å². The number of hydrogen-bond donors (Lipinski definition) is 2. The fourth-order valence-corrected chi connectivity index (χ4v) is 1.64. The van der Waals surface area contributed by atoms with E-state index in [0.29, 0.717) is 19.8 Å². The van der Waals surface area contributed by atoms with Crippen LogP contribution in [0.25, 0.3) is 0 Å². The fourth-order valence-electron chi connectivity index (χ4n) is 1.64. The molecule has 0 aromatic rings. The van der Waals surface area contributed by atoms with Crippen molar-refractivity contribution in [3.05, 3.63) is 0 Å². The number of carbonyl (C=O) groups is 1. The maximum absolute atomic E-state index is 11.6. The van der Waals surface area contributed by atoms with E-state index in [-0.39, 0.29) is 17.4 Å². The van der Waals surface area contributed by atoms with E-state index < -0.39 is 0 Å². The Hall–Kier alpha value is -0.610. The number of hydrogen-bond acceptors (Lipinski definition) is 3. The van der Waals surface area contributed by atoms with Crippen molar-refractivity contribution >= 4 is 5.91 Å². The average Bonchev–Trinajstić information content (AvgIpc) is 2.69. The van der Waals surface area contributed by atoms with Crippen molar-refractivity contribution < 1.29 is 9.53 Å². The first-order valence-corrected chi connectivity index (χ1v) is 4.86. The van der Waals surface area contributed by atoms with Crippen molar-refractivity contribution in [1.82, 2.24) is 5.32 Å². The molecule has 1 atom stereocenters. The van der Waals surface area contributed by atoms with Gasteiger partial charge in [-0.2, -0.15) is 0 Å². The molecule has 1 amide bonds. The van der Waals surface area contributed by atoms with Crippen LogP contribution >= 0.6 is 0 Å². The van der Waals surface area contributed by atoms with Gasteiger partial charge in [0.05, 0.1) is 18.1 Å². The molecular weight excluding hydrogens is 168 g/mol. The van der Waals surface area contributed by atoms with Gasteiger partial charge in [0.15, 0.2) is 0 Å². The molecule has 13 heavy (non-hydrogen) atoms. The lowest BCUT2D eigenvalue weighted by Gasteiger charge is -2.17. The van der Waals surface area contributed by atoms with E-state index in [1.54, 1.807) is 0 Å². The first-order chi connectivity index (χ1) is 6.26. The minimum absolute atomic E-state index is 0.0559. The third-order valence-electron chi connectivity index (χ3n) is 2.93. The SMILES string of the molecule is NCC1(NC(=O)C2CCOC2)CC1. The van der Waals surface area contributed by atoms with Gasteiger partial charge in [0.1, 0.15) is 0 Å². The molecule has 1 aliphatic carbocycles. The Balaban J connectivity index is 1.84. The van der Waals surface area contributed by atoms with Crippen LogP contribution in [-0.4, -0.2) is 31.2 Å². The maximum Gasteiger partial charge on any atom is 0.226 e. The van der Waals surface area contributed by atoms with Crippen molar-refractivity contribution in [2.45, 2.75) is 24.8 Å². The highest BCUT2D eigenvalue weighted by Gasteiger charge is 2.43. The van der Waals surface area contributed by atoms with Gasteiger partial charge in [0.25, 0.3) is 0 Å². The van der Waals surface area contributed by atoms with Gasteiger partial charge in [0, 0.05) is 13.2 Å². The Morgan fingerprint density at radius 2 is 2.38 bits per heavy atom. The largest absolute Gasteiger partial charge is 0.381 e. The quantitative estimate of drug-likeness (QED) is 0.629. The molecule has 2 aliphatic rings. The summed E-state index contributed by atoms with van der Waals surface area (Å²) in [5.74, 6) is 0.185. The summed E-state index contributed by atoms with van der Waals surface area (Å²) in [7, 11) is 0. The molecule has 3 N–H and O–H groups in total. The van der Waals surface area contributed by atoms with Crippen LogP contribution < -0.4 is 11.1 Å². The smallest absolute Gasteiger partial charge is 0.226 e. The molecule has 1 unspecified atom stereocenters. The summed E-state index contributed by atoms with van der Waals surface area (Å²) >= 11 is 0. The molecule has 4 nitrogen and oxygen atoms in total. The minimum Gasteiger partial charge on any atom is -0.381 e. The summed E-state index contributed by atoms with van der Waals surface area (Å²) in [6, 6.07) is 0. The second kappa shape index (κ2) is 3.27. The van der Waals surface area contributed by atoms with Gasteiger partial charge in [0.2, 0.25) is 5.91 Å². The summed E-state index contributed by atoms with van der Waals surface area (Å²) in [5.41, 5.74) is 5.51. The van der Waals surface area contributed by atoms with E-state index in [9.17, 15) is 4.79 Å². The van der Waals surface area contributed by atoms with E-state index in [1.165, 1.54) is 0 Å². The molecule has 1 aliphatic heterocycles. The van der Waals surface area contributed by atoms with Crippen molar-refractivity contribution in [3.8, 4) is 0 Å². The highest BCUT2D eigenvalue weighted by atomic mass is 16.5. The number of amides is 1. The van der Waals surface area contributed by atoms with Crippen LogP contribution in [0.15, 0.2) is 0 Å². The average molecular weight is 184 g/mol. The van der Waals surface area contributed by atoms with Gasteiger partial charge in [-0.1, -0.05) is 0 Å². The fraction of sp³-hybridized carbons (Fsp3) is 0.889. The molecule has 2 rings (SSSR count). The van der Waals surface area contributed by atoms with Gasteiger partial charge < -0.3 is 15.8 Å². The highest BCUT2D eigenvalue weighted by Crippen LogP contribution is 2.34. The van der Waals surface area contributed by atoms with Gasteiger partial charge in [-0.25, -0.2) is 0 Å². The zero-order valence-corrected chi connectivity index (χ0v) is 7.71. The van der Waals surface area contributed by atoms with Gasteiger partial charge in [-0.3, -0.25) is 4.79 Å². The predicted molar refractivity (Wildman–Crippen MR) is 48.1 cm³/mol. The first kappa shape index (κ1) is 8.97. The molecular formula is C9H16N2O2. The van der Waals surface area contributed by atoms with Crippen LogP contribution in [0.5, 0.6) is 0 Å². The molecule has 0 spiro atoms.